The van der Waals surface area contributed by atoms with E-state index in [0.29, 0.717) is 5.16 Å². The van der Waals surface area contributed by atoms with Gasteiger partial charge in [0.2, 0.25) is 0 Å². The zero-order valence-electron chi connectivity index (χ0n) is 14.9. The summed E-state index contributed by atoms with van der Waals surface area (Å²) >= 11 is 1.30. The Bertz CT molecular complexity index is 912. The highest BCUT2D eigenvalue weighted by Crippen LogP contribution is 2.22. The van der Waals surface area contributed by atoms with Gasteiger partial charge in [0.25, 0.3) is 0 Å². The Hall–Kier alpha value is -2.31. The zero-order valence-corrected chi connectivity index (χ0v) is 16.6. The third kappa shape index (κ3) is 6.12. The molecule has 2 aromatic carbocycles. The van der Waals surface area contributed by atoms with E-state index in [1.807, 2.05) is 24.3 Å². The predicted octanol–water partition coefficient (Wildman–Crippen LogP) is 4.19. The van der Waals surface area contributed by atoms with Crippen molar-refractivity contribution in [1.29, 1.82) is 0 Å². The lowest BCUT2D eigenvalue weighted by atomic mass is 10.0. The van der Waals surface area contributed by atoms with E-state index in [2.05, 4.69) is 34.2 Å². The minimum Gasteiger partial charge on any atom is -0.466 e. The Morgan fingerprint density at radius 2 is 1.89 bits per heavy atom. The van der Waals surface area contributed by atoms with Crippen LogP contribution in [-0.2, 0) is 20.7 Å². The third-order valence-electron chi connectivity index (χ3n) is 3.79. The van der Waals surface area contributed by atoms with E-state index < -0.39 is 5.97 Å². The molecule has 3 aromatic rings. The SMILES string of the molecule is CCOC(=O)CC(=O)CSc1nc2ccc(Cc3ccccc3)cc2[nH]1.Cl. The number of imidazole rings is 1. The highest BCUT2D eigenvalue weighted by atomic mass is 35.5. The van der Waals surface area contributed by atoms with E-state index in [-0.39, 0.29) is 37.0 Å². The first kappa shape index (κ1) is 21.0. The molecule has 1 N–H and O–H groups in total. The molecule has 0 amide bonds. The van der Waals surface area contributed by atoms with Crippen LogP contribution in [0.1, 0.15) is 24.5 Å². The number of hydrogen-bond acceptors (Lipinski definition) is 5. The van der Waals surface area contributed by atoms with Crippen molar-refractivity contribution in [2.45, 2.75) is 24.9 Å². The lowest BCUT2D eigenvalue weighted by Crippen LogP contribution is -2.12. The van der Waals surface area contributed by atoms with Gasteiger partial charge in [-0.05, 0) is 36.6 Å². The Labute approximate surface area is 168 Å². The second kappa shape index (κ2) is 10.1. The summed E-state index contributed by atoms with van der Waals surface area (Å²) in [4.78, 5) is 30.9. The van der Waals surface area contributed by atoms with Gasteiger partial charge in [-0.1, -0.05) is 48.2 Å². The van der Waals surface area contributed by atoms with Gasteiger partial charge < -0.3 is 9.72 Å². The van der Waals surface area contributed by atoms with Crippen molar-refractivity contribution < 1.29 is 14.3 Å². The highest BCUT2D eigenvalue weighted by molar-refractivity contribution is 7.99. The minimum atomic E-state index is -0.478. The summed E-state index contributed by atoms with van der Waals surface area (Å²) in [7, 11) is 0. The molecule has 142 valence electrons. The van der Waals surface area contributed by atoms with Crippen LogP contribution in [-0.4, -0.2) is 34.1 Å². The number of ether oxygens (including phenoxy) is 1. The number of rotatable bonds is 8. The quantitative estimate of drug-likeness (QED) is 0.346. The summed E-state index contributed by atoms with van der Waals surface area (Å²) in [5, 5.41) is 0.675. The molecule has 0 radical (unpaired) electrons. The number of fused-ring (bicyclic) bond motifs is 1. The molecular formula is C20H21ClN2O3S. The topological polar surface area (TPSA) is 72.1 Å². The largest absolute Gasteiger partial charge is 0.466 e. The number of halogens is 1. The second-order valence-corrected chi connectivity index (χ2v) is 6.83. The van der Waals surface area contributed by atoms with Gasteiger partial charge in [0, 0.05) is 0 Å². The molecule has 27 heavy (non-hydrogen) atoms. The van der Waals surface area contributed by atoms with E-state index in [1.165, 1.54) is 22.9 Å². The molecule has 0 saturated heterocycles. The number of thioether (sulfide) groups is 1. The number of esters is 1. The number of aromatic amines is 1. The monoisotopic (exact) mass is 404 g/mol. The number of aromatic nitrogens is 2. The molecule has 3 rings (SSSR count). The lowest BCUT2D eigenvalue weighted by Gasteiger charge is -2.01. The van der Waals surface area contributed by atoms with Crippen LogP contribution < -0.4 is 0 Å². The van der Waals surface area contributed by atoms with Crippen LogP contribution in [0, 0.1) is 0 Å². The average molecular weight is 405 g/mol. The second-order valence-electron chi connectivity index (χ2n) is 5.86. The predicted molar refractivity (Wildman–Crippen MR) is 110 cm³/mol. The van der Waals surface area contributed by atoms with Gasteiger partial charge in [-0.3, -0.25) is 9.59 Å². The fourth-order valence-corrected chi connectivity index (χ4v) is 3.36. The van der Waals surface area contributed by atoms with Crippen LogP contribution >= 0.6 is 24.2 Å². The molecule has 0 unspecified atom stereocenters. The fourth-order valence-electron chi connectivity index (χ4n) is 2.62. The number of hydrogen-bond donors (Lipinski definition) is 1. The molecule has 0 atom stereocenters. The van der Waals surface area contributed by atoms with Crippen molar-refractivity contribution in [2.24, 2.45) is 0 Å². The van der Waals surface area contributed by atoms with E-state index in [1.54, 1.807) is 6.92 Å². The molecule has 0 fully saturated rings. The number of carbonyl (C=O) groups is 2. The average Bonchev–Trinajstić information content (AvgIpc) is 3.03. The Kier molecular flexibility index (Phi) is 7.88. The summed E-state index contributed by atoms with van der Waals surface area (Å²) in [6.07, 6.45) is 0.665. The third-order valence-corrected chi connectivity index (χ3v) is 4.73. The van der Waals surface area contributed by atoms with E-state index >= 15 is 0 Å². The summed E-state index contributed by atoms with van der Waals surface area (Å²) < 4.78 is 4.78. The first-order chi connectivity index (χ1) is 12.6. The molecule has 0 bridgehead atoms. The number of ketones is 1. The first-order valence-electron chi connectivity index (χ1n) is 8.46. The summed E-state index contributed by atoms with van der Waals surface area (Å²) in [6.45, 7) is 2.01. The van der Waals surface area contributed by atoms with E-state index in [9.17, 15) is 9.59 Å². The number of benzene rings is 2. The van der Waals surface area contributed by atoms with Crippen LogP contribution in [0.4, 0.5) is 0 Å². The van der Waals surface area contributed by atoms with Gasteiger partial charge in [-0.15, -0.1) is 12.4 Å². The van der Waals surface area contributed by atoms with Crippen molar-refractivity contribution in [2.75, 3.05) is 12.4 Å². The molecule has 0 aliphatic heterocycles. The number of Topliss-reactive ketones (excluding diaryl/α,β-unsaturated/α-hetero) is 1. The summed E-state index contributed by atoms with van der Waals surface area (Å²) in [5.41, 5.74) is 4.26. The Morgan fingerprint density at radius 3 is 2.63 bits per heavy atom. The molecule has 0 spiro atoms. The zero-order chi connectivity index (χ0) is 18.4. The van der Waals surface area contributed by atoms with Crippen molar-refractivity contribution >= 4 is 47.0 Å². The maximum atomic E-state index is 11.8. The summed E-state index contributed by atoms with van der Waals surface area (Å²) in [6, 6.07) is 16.4. The van der Waals surface area contributed by atoms with Gasteiger partial charge in [-0.2, -0.15) is 0 Å². The highest BCUT2D eigenvalue weighted by Gasteiger charge is 2.12. The first-order valence-corrected chi connectivity index (χ1v) is 9.45. The van der Waals surface area contributed by atoms with Gasteiger partial charge in [0.15, 0.2) is 10.9 Å². The van der Waals surface area contributed by atoms with E-state index in [4.69, 9.17) is 4.74 Å². The minimum absolute atomic E-state index is 0. The van der Waals surface area contributed by atoms with Gasteiger partial charge in [-0.25, -0.2) is 4.98 Å². The molecule has 0 saturated carbocycles. The number of nitrogens with zero attached hydrogens (tertiary/aromatic N) is 1. The van der Waals surface area contributed by atoms with Crippen LogP contribution in [0.15, 0.2) is 53.7 Å². The van der Waals surface area contributed by atoms with Crippen LogP contribution in [0.2, 0.25) is 0 Å². The molecule has 0 aliphatic carbocycles. The molecule has 0 aliphatic rings. The molecule has 1 aromatic heterocycles. The van der Waals surface area contributed by atoms with Crippen LogP contribution in [0.5, 0.6) is 0 Å². The standard InChI is InChI=1S/C20H20N2O3S.ClH/c1-2-25-19(24)12-16(23)13-26-20-21-17-9-8-15(11-18(17)22-20)10-14-6-4-3-5-7-14;/h3-9,11H,2,10,12-13H2,1H3,(H,21,22);1H. The fraction of sp³-hybridized carbons (Fsp3) is 0.250. The van der Waals surface area contributed by atoms with Gasteiger partial charge in [0.1, 0.15) is 6.42 Å². The molecule has 1 heterocycles. The summed E-state index contributed by atoms with van der Waals surface area (Å²) in [5.74, 6) is -0.456. The Morgan fingerprint density at radius 1 is 1.11 bits per heavy atom. The van der Waals surface area contributed by atoms with E-state index in [0.717, 1.165) is 17.5 Å². The van der Waals surface area contributed by atoms with Crippen molar-refractivity contribution in [3.63, 3.8) is 0 Å². The van der Waals surface area contributed by atoms with Crippen molar-refractivity contribution in [3.8, 4) is 0 Å². The van der Waals surface area contributed by atoms with Crippen molar-refractivity contribution in [1.82, 2.24) is 9.97 Å². The Balaban J connectivity index is 0.00000261. The smallest absolute Gasteiger partial charge is 0.313 e. The maximum absolute atomic E-state index is 11.8. The maximum Gasteiger partial charge on any atom is 0.313 e. The molecule has 7 heteroatoms. The normalized spacial score (nSPS) is 10.4. The number of carbonyl (C=O) groups excluding carboxylic acids is 2. The molecular weight excluding hydrogens is 384 g/mol. The van der Waals surface area contributed by atoms with Crippen molar-refractivity contribution in [3.05, 3.63) is 59.7 Å². The van der Waals surface area contributed by atoms with Gasteiger partial charge in [0.05, 0.1) is 23.4 Å². The number of H-pyrrole nitrogens is 1. The number of nitrogens with one attached hydrogen (secondary N) is 1. The lowest BCUT2D eigenvalue weighted by molar-refractivity contribution is -0.145. The van der Waals surface area contributed by atoms with Crippen LogP contribution in [0.25, 0.3) is 11.0 Å². The molecule has 5 nitrogen and oxygen atoms in total. The van der Waals surface area contributed by atoms with Gasteiger partial charge >= 0.3 is 5.97 Å². The van der Waals surface area contributed by atoms with Crippen LogP contribution in [0.3, 0.4) is 0 Å².